The predicted octanol–water partition coefficient (Wildman–Crippen LogP) is 2.26. The van der Waals surface area contributed by atoms with Crippen LogP contribution in [0.5, 0.6) is 0 Å². The van der Waals surface area contributed by atoms with Gasteiger partial charge in [0.25, 0.3) is 0 Å². The molecule has 0 bridgehead atoms. The van der Waals surface area contributed by atoms with Crippen LogP contribution in [-0.2, 0) is 0 Å². The Kier molecular flexibility index (Phi) is 1.36. The standard InChI is InChI=1S/C7H6N2S/c1-2-4-8-6-5-9-10-7(6)3-1/h1,3-5H,2H2. The van der Waals surface area contributed by atoms with Crippen LogP contribution in [0.4, 0.5) is 5.69 Å². The molecule has 0 radical (unpaired) electrons. The third kappa shape index (κ3) is 0.885. The van der Waals surface area contributed by atoms with Crippen molar-refractivity contribution in [3.63, 3.8) is 0 Å². The van der Waals surface area contributed by atoms with Crippen molar-refractivity contribution in [2.75, 3.05) is 0 Å². The molecule has 2 heterocycles. The number of aromatic nitrogens is 1. The molecular formula is C7H6N2S. The van der Waals surface area contributed by atoms with E-state index < -0.39 is 0 Å². The molecule has 0 amide bonds. The minimum atomic E-state index is 0.932. The monoisotopic (exact) mass is 150 g/mol. The van der Waals surface area contributed by atoms with Gasteiger partial charge in [0.2, 0.25) is 0 Å². The minimum Gasteiger partial charge on any atom is -0.258 e. The molecule has 3 heteroatoms. The van der Waals surface area contributed by atoms with Gasteiger partial charge in [0.1, 0.15) is 5.69 Å². The fraction of sp³-hybridized carbons (Fsp3) is 0.143. The molecule has 1 aromatic heterocycles. The first-order valence-corrected chi connectivity index (χ1v) is 3.88. The predicted molar refractivity (Wildman–Crippen MR) is 43.9 cm³/mol. The fourth-order valence-corrected chi connectivity index (χ4v) is 1.47. The second-order valence-electron chi connectivity index (χ2n) is 2.03. The maximum absolute atomic E-state index is 4.21. The van der Waals surface area contributed by atoms with Crippen LogP contribution in [0, 0.1) is 0 Å². The molecule has 0 N–H and O–H groups in total. The summed E-state index contributed by atoms with van der Waals surface area (Å²) in [6.45, 7) is 0. The van der Waals surface area contributed by atoms with Crippen molar-refractivity contribution in [2.24, 2.45) is 4.99 Å². The molecular weight excluding hydrogens is 144 g/mol. The lowest BCUT2D eigenvalue weighted by Gasteiger charge is -1.82. The molecule has 0 saturated heterocycles. The molecule has 10 heavy (non-hydrogen) atoms. The normalized spacial score (nSPS) is 14.8. The average Bonchev–Trinajstić information content (AvgIpc) is 2.28. The molecule has 0 unspecified atom stereocenters. The number of rotatable bonds is 0. The summed E-state index contributed by atoms with van der Waals surface area (Å²) in [5.41, 5.74) is 0.999. The third-order valence-electron chi connectivity index (χ3n) is 1.32. The summed E-state index contributed by atoms with van der Waals surface area (Å²) in [6.07, 6.45) is 8.79. The van der Waals surface area contributed by atoms with E-state index in [1.807, 2.05) is 6.21 Å². The Labute approximate surface area is 63.1 Å². The summed E-state index contributed by atoms with van der Waals surface area (Å²) >= 11 is 1.49. The summed E-state index contributed by atoms with van der Waals surface area (Å²) in [5, 5.41) is 0. The number of hydrogen-bond donors (Lipinski definition) is 0. The molecule has 1 aliphatic rings. The topological polar surface area (TPSA) is 25.2 Å². The molecule has 0 aliphatic carbocycles. The van der Waals surface area contributed by atoms with Crippen LogP contribution in [0.3, 0.4) is 0 Å². The maximum atomic E-state index is 4.21. The van der Waals surface area contributed by atoms with Gasteiger partial charge in [-0.2, -0.15) is 4.37 Å². The molecule has 0 saturated carbocycles. The second kappa shape index (κ2) is 2.34. The van der Waals surface area contributed by atoms with Crippen LogP contribution < -0.4 is 0 Å². The Bertz CT molecular complexity index is 259. The summed E-state index contributed by atoms with van der Waals surface area (Å²) in [7, 11) is 0. The first-order valence-electron chi connectivity index (χ1n) is 3.10. The zero-order valence-corrected chi connectivity index (χ0v) is 6.14. The smallest absolute Gasteiger partial charge is 0.101 e. The van der Waals surface area contributed by atoms with Crippen molar-refractivity contribution in [1.82, 2.24) is 4.37 Å². The quantitative estimate of drug-likeness (QED) is 0.557. The molecule has 1 aliphatic heterocycles. The van der Waals surface area contributed by atoms with Crippen LogP contribution in [-0.4, -0.2) is 10.6 Å². The van der Waals surface area contributed by atoms with Crippen molar-refractivity contribution >= 4 is 29.5 Å². The summed E-state index contributed by atoms with van der Waals surface area (Å²) < 4.78 is 4.02. The van der Waals surface area contributed by atoms with Crippen LogP contribution in [0.25, 0.3) is 6.08 Å². The fourth-order valence-electron chi connectivity index (χ4n) is 0.843. The lowest BCUT2D eigenvalue weighted by Crippen LogP contribution is -1.63. The minimum absolute atomic E-state index is 0.932. The zero-order chi connectivity index (χ0) is 6.81. The van der Waals surface area contributed by atoms with E-state index >= 15 is 0 Å². The lowest BCUT2D eigenvalue weighted by atomic mass is 10.4. The van der Waals surface area contributed by atoms with Gasteiger partial charge in [0.15, 0.2) is 0 Å². The van der Waals surface area contributed by atoms with Crippen molar-refractivity contribution in [3.8, 4) is 0 Å². The van der Waals surface area contributed by atoms with Crippen LogP contribution in [0.2, 0.25) is 0 Å². The Balaban J connectivity index is 2.56. The highest BCUT2D eigenvalue weighted by atomic mass is 32.1. The van der Waals surface area contributed by atoms with Crippen LogP contribution in [0.1, 0.15) is 11.3 Å². The van der Waals surface area contributed by atoms with Crippen molar-refractivity contribution in [3.05, 3.63) is 17.2 Å². The number of nitrogens with zero attached hydrogens (tertiary/aromatic N) is 2. The Morgan fingerprint density at radius 1 is 1.50 bits per heavy atom. The van der Waals surface area contributed by atoms with Gasteiger partial charge in [-0.1, -0.05) is 6.08 Å². The van der Waals surface area contributed by atoms with Gasteiger partial charge >= 0.3 is 0 Å². The van der Waals surface area contributed by atoms with E-state index in [1.165, 1.54) is 11.5 Å². The molecule has 0 fully saturated rings. The lowest BCUT2D eigenvalue weighted by molar-refractivity contribution is 1.47. The van der Waals surface area contributed by atoms with Crippen LogP contribution >= 0.6 is 11.5 Å². The molecule has 0 spiro atoms. The van der Waals surface area contributed by atoms with Crippen molar-refractivity contribution in [2.45, 2.75) is 6.42 Å². The van der Waals surface area contributed by atoms with Gasteiger partial charge in [-0.05, 0) is 17.6 Å². The Hall–Kier alpha value is -0.960. The molecule has 0 atom stereocenters. The zero-order valence-electron chi connectivity index (χ0n) is 5.32. The van der Waals surface area contributed by atoms with E-state index in [2.05, 4.69) is 21.5 Å². The van der Waals surface area contributed by atoms with E-state index in [0.717, 1.165) is 17.0 Å². The number of fused-ring (bicyclic) bond motifs is 1. The van der Waals surface area contributed by atoms with Gasteiger partial charge in [-0.3, -0.25) is 4.99 Å². The highest BCUT2D eigenvalue weighted by Gasteiger charge is 2.00. The van der Waals surface area contributed by atoms with E-state index in [1.54, 1.807) is 6.20 Å². The Morgan fingerprint density at radius 2 is 2.50 bits per heavy atom. The summed E-state index contributed by atoms with van der Waals surface area (Å²) in [4.78, 5) is 5.37. The van der Waals surface area contributed by atoms with Crippen LogP contribution in [0.15, 0.2) is 17.3 Å². The van der Waals surface area contributed by atoms with Crippen molar-refractivity contribution in [1.29, 1.82) is 0 Å². The van der Waals surface area contributed by atoms with Gasteiger partial charge in [0, 0.05) is 12.6 Å². The van der Waals surface area contributed by atoms with Gasteiger partial charge in [-0.15, -0.1) is 0 Å². The van der Waals surface area contributed by atoms with E-state index in [0.29, 0.717) is 0 Å². The number of hydrogen-bond acceptors (Lipinski definition) is 3. The van der Waals surface area contributed by atoms with Crippen molar-refractivity contribution < 1.29 is 0 Å². The largest absolute Gasteiger partial charge is 0.258 e. The first kappa shape index (κ1) is 5.80. The molecule has 0 aromatic carbocycles. The molecule has 2 nitrogen and oxygen atoms in total. The van der Waals surface area contributed by atoms with Gasteiger partial charge in [0.05, 0.1) is 11.1 Å². The average molecular weight is 150 g/mol. The van der Waals surface area contributed by atoms with E-state index in [-0.39, 0.29) is 0 Å². The summed E-state index contributed by atoms with van der Waals surface area (Å²) in [5.74, 6) is 0. The maximum Gasteiger partial charge on any atom is 0.101 e. The Morgan fingerprint density at radius 3 is 3.50 bits per heavy atom. The summed E-state index contributed by atoms with van der Waals surface area (Å²) in [6, 6.07) is 0. The first-order chi connectivity index (χ1) is 4.97. The molecule has 2 rings (SSSR count). The third-order valence-corrected chi connectivity index (χ3v) is 2.07. The molecule has 1 aromatic rings. The van der Waals surface area contributed by atoms with Gasteiger partial charge < -0.3 is 0 Å². The molecule has 50 valence electrons. The van der Waals surface area contributed by atoms with E-state index in [9.17, 15) is 0 Å². The SMILES string of the molecule is C1=Cc2sncc2N=CC1. The highest BCUT2D eigenvalue weighted by Crippen LogP contribution is 2.25. The second-order valence-corrected chi connectivity index (χ2v) is 2.86. The number of allylic oxidation sites excluding steroid dienone is 1. The van der Waals surface area contributed by atoms with Gasteiger partial charge in [-0.25, -0.2) is 0 Å². The number of aliphatic imine (C=N–C) groups is 1. The van der Waals surface area contributed by atoms with E-state index in [4.69, 9.17) is 0 Å². The highest BCUT2D eigenvalue weighted by molar-refractivity contribution is 7.07.